The topological polar surface area (TPSA) is 92.8 Å². The highest BCUT2D eigenvalue weighted by atomic mass is 32.2. The molecule has 0 saturated heterocycles. The Morgan fingerprint density at radius 1 is 1.50 bits per heavy atom. The van der Waals surface area contributed by atoms with Crippen LogP contribution in [0.1, 0.15) is 33.6 Å². The smallest absolute Gasteiger partial charge is 0.321 e. The number of thioether (sulfide) groups is 1. The lowest BCUT2D eigenvalue weighted by Crippen LogP contribution is -2.47. The number of carbonyl (C=O) groups is 1. The highest BCUT2D eigenvalue weighted by Crippen LogP contribution is 2.28. The molecule has 0 aromatic rings. The molecule has 0 fully saturated rings. The fourth-order valence-electron chi connectivity index (χ4n) is 1.21. The lowest BCUT2D eigenvalue weighted by molar-refractivity contribution is -0.139. The van der Waals surface area contributed by atoms with Crippen LogP contribution in [0.25, 0.3) is 0 Å². The maximum atomic E-state index is 10.8. The van der Waals surface area contributed by atoms with Gasteiger partial charge < -0.3 is 20.7 Å². The van der Waals surface area contributed by atoms with Crippen LogP contribution in [0.4, 0.5) is 0 Å². The number of rotatable bonds is 10. The molecule has 0 aromatic heterocycles. The number of ether oxygens (including phenoxy) is 1. The van der Waals surface area contributed by atoms with E-state index in [9.17, 15) is 9.90 Å². The van der Waals surface area contributed by atoms with Crippen LogP contribution in [0.3, 0.4) is 0 Å². The summed E-state index contributed by atoms with van der Waals surface area (Å²) in [6.45, 7) is 6.54. The number of aliphatic carboxylic acids is 1. The maximum Gasteiger partial charge on any atom is 0.321 e. The van der Waals surface area contributed by atoms with Gasteiger partial charge in [-0.15, -0.1) is 0 Å². The number of carboxylic acids is 1. The van der Waals surface area contributed by atoms with E-state index < -0.39 is 22.9 Å². The highest BCUT2D eigenvalue weighted by molar-refractivity contribution is 8.00. The van der Waals surface area contributed by atoms with Crippen LogP contribution < -0.4 is 5.73 Å². The van der Waals surface area contributed by atoms with E-state index in [2.05, 4.69) is 6.92 Å². The Kier molecular flexibility index (Phi) is 8.60. The zero-order chi connectivity index (χ0) is 14.2. The van der Waals surface area contributed by atoms with Gasteiger partial charge in [0, 0.05) is 17.1 Å². The van der Waals surface area contributed by atoms with Crippen LogP contribution >= 0.6 is 11.8 Å². The average Bonchev–Trinajstić information content (AvgIpc) is 2.31. The molecule has 4 N–H and O–H groups in total. The molecule has 0 radical (unpaired) electrons. The summed E-state index contributed by atoms with van der Waals surface area (Å²) in [5.41, 5.74) is 5.59. The minimum absolute atomic E-state index is 0.283. The molecule has 6 heteroatoms. The van der Waals surface area contributed by atoms with E-state index in [1.807, 2.05) is 0 Å². The summed E-state index contributed by atoms with van der Waals surface area (Å²) in [5.74, 6) is -0.610. The SMILES string of the molecule is CCCCOCC(O)CSC(C)(C)[C@H](N)C(=O)O. The van der Waals surface area contributed by atoms with Crippen LogP contribution in [0.2, 0.25) is 0 Å². The van der Waals surface area contributed by atoms with Crippen LogP contribution in [-0.2, 0) is 9.53 Å². The van der Waals surface area contributed by atoms with Crippen molar-refractivity contribution in [3.63, 3.8) is 0 Å². The highest BCUT2D eigenvalue weighted by Gasteiger charge is 2.32. The number of hydrogen-bond acceptors (Lipinski definition) is 5. The molecule has 108 valence electrons. The van der Waals surface area contributed by atoms with Crippen LogP contribution in [-0.4, -0.2) is 52.0 Å². The van der Waals surface area contributed by atoms with E-state index >= 15 is 0 Å². The van der Waals surface area contributed by atoms with Gasteiger partial charge in [0.05, 0.1) is 12.7 Å². The Balaban J connectivity index is 3.89. The Hall–Kier alpha value is -0.300. The summed E-state index contributed by atoms with van der Waals surface area (Å²) in [7, 11) is 0. The van der Waals surface area contributed by atoms with Gasteiger partial charge >= 0.3 is 5.97 Å². The standard InChI is InChI=1S/C12H25NO4S/c1-4-5-6-17-7-9(14)8-18-12(2,3)10(13)11(15)16/h9-10,14H,4-8,13H2,1-3H3,(H,15,16)/t9?,10-/m1/s1. The number of aliphatic hydroxyl groups is 1. The first-order valence-corrected chi connectivity index (χ1v) is 7.18. The second-order valence-electron chi connectivity index (χ2n) is 4.81. The van der Waals surface area contributed by atoms with E-state index in [1.54, 1.807) is 13.8 Å². The number of carboxylic acid groups (broad SMARTS) is 1. The van der Waals surface area contributed by atoms with Gasteiger partial charge in [-0.25, -0.2) is 0 Å². The molecule has 2 atom stereocenters. The van der Waals surface area contributed by atoms with Gasteiger partial charge in [0.2, 0.25) is 0 Å². The summed E-state index contributed by atoms with van der Waals surface area (Å²) in [6, 6.07) is -0.948. The van der Waals surface area contributed by atoms with Gasteiger partial charge in [0.15, 0.2) is 0 Å². The van der Waals surface area contributed by atoms with E-state index in [1.165, 1.54) is 11.8 Å². The maximum absolute atomic E-state index is 10.8. The minimum atomic E-state index is -1.03. The van der Waals surface area contributed by atoms with E-state index in [0.29, 0.717) is 12.4 Å². The number of aliphatic hydroxyl groups excluding tert-OH is 1. The van der Waals surface area contributed by atoms with Crippen molar-refractivity contribution in [3.8, 4) is 0 Å². The third kappa shape index (κ3) is 7.20. The van der Waals surface area contributed by atoms with Crippen molar-refractivity contribution >= 4 is 17.7 Å². The van der Waals surface area contributed by atoms with Crippen LogP contribution in [0, 0.1) is 0 Å². The van der Waals surface area contributed by atoms with Gasteiger partial charge in [-0.2, -0.15) is 11.8 Å². The van der Waals surface area contributed by atoms with Crippen molar-refractivity contribution < 1.29 is 19.7 Å². The van der Waals surface area contributed by atoms with Crippen LogP contribution in [0.5, 0.6) is 0 Å². The lowest BCUT2D eigenvalue weighted by atomic mass is 10.1. The van der Waals surface area contributed by atoms with Crippen molar-refractivity contribution in [1.82, 2.24) is 0 Å². The number of unbranched alkanes of at least 4 members (excludes halogenated alkanes) is 1. The Morgan fingerprint density at radius 3 is 2.61 bits per heavy atom. The molecular formula is C12H25NO4S. The third-order valence-electron chi connectivity index (χ3n) is 2.62. The molecule has 0 spiro atoms. The molecule has 0 aromatic carbocycles. The molecule has 0 amide bonds. The zero-order valence-electron chi connectivity index (χ0n) is 11.4. The molecule has 5 nitrogen and oxygen atoms in total. The molecular weight excluding hydrogens is 254 g/mol. The molecule has 0 aliphatic carbocycles. The Morgan fingerprint density at radius 2 is 2.11 bits per heavy atom. The third-order valence-corrected chi connectivity index (χ3v) is 4.16. The van der Waals surface area contributed by atoms with Crippen molar-refractivity contribution in [2.24, 2.45) is 5.73 Å². The van der Waals surface area contributed by atoms with Crippen LogP contribution in [0.15, 0.2) is 0 Å². The van der Waals surface area contributed by atoms with Gasteiger partial charge in [0.25, 0.3) is 0 Å². The molecule has 1 unspecified atom stereocenters. The summed E-state index contributed by atoms with van der Waals surface area (Å²) in [6.07, 6.45) is 1.45. The summed E-state index contributed by atoms with van der Waals surface area (Å²) >= 11 is 1.35. The van der Waals surface area contributed by atoms with E-state index in [-0.39, 0.29) is 6.61 Å². The monoisotopic (exact) mass is 279 g/mol. The molecule has 0 rings (SSSR count). The summed E-state index contributed by atoms with van der Waals surface area (Å²) in [4.78, 5) is 10.8. The quantitative estimate of drug-likeness (QED) is 0.518. The van der Waals surface area contributed by atoms with Gasteiger partial charge in [-0.1, -0.05) is 13.3 Å². The first kappa shape index (κ1) is 17.7. The van der Waals surface area contributed by atoms with E-state index in [4.69, 9.17) is 15.6 Å². The van der Waals surface area contributed by atoms with Crippen molar-refractivity contribution in [3.05, 3.63) is 0 Å². The van der Waals surface area contributed by atoms with Crippen molar-refractivity contribution in [1.29, 1.82) is 0 Å². The molecule has 0 saturated carbocycles. The fourth-order valence-corrected chi connectivity index (χ4v) is 2.21. The van der Waals surface area contributed by atoms with Crippen molar-refractivity contribution in [2.75, 3.05) is 19.0 Å². The Bertz CT molecular complexity index is 248. The van der Waals surface area contributed by atoms with Gasteiger partial charge in [0.1, 0.15) is 6.04 Å². The number of hydrogen-bond donors (Lipinski definition) is 3. The van der Waals surface area contributed by atoms with Crippen molar-refractivity contribution in [2.45, 2.75) is 50.5 Å². The predicted octanol–water partition coefficient (Wildman–Crippen LogP) is 1.09. The second-order valence-corrected chi connectivity index (χ2v) is 6.49. The molecule has 0 aliphatic rings. The average molecular weight is 279 g/mol. The molecule has 0 aliphatic heterocycles. The molecule has 0 bridgehead atoms. The molecule has 18 heavy (non-hydrogen) atoms. The summed E-state index contributed by atoms with van der Waals surface area (Å²) < 4.78 is 4.68. The van der Waals surface area contributed by atoms with Gasteiger partial charge in [-0.05, 0) is 20.3 Å². The minimum Gasteiger partial charge on any atom is -0.480 e. The number of nitrogens with two attached hydrogens (primary N) is 1. The largest absolute Gasteiger partial charge is 0.480 e. The predicted molar refractivity (Wildman–Crippen MR) is 73.9 cm³/mol. The normalized spacial score (nSPS) is 15.4. The Labute approximate surface area is 113 Å². The second kappa shape index (κ2) is 8.74. The first-order chi connectivity index (χ1) is 8.31. The zero-order valence-corrected chi connectivity index (χ0v) is 12.2. The lowest BCUT2D eigenvalue weighted by Gasteiger charge is -2.28. The summed E-state index contributed by atoms with van der Waals surface area (Å²) in [5, 5.41) is 18.6. The first-order valence-electron chi connectivity index (χ1n) is 6.19. The molecule has 0 heterocycles. The van der Waals surface area contributed by atoms with Gasteiger partial charge in [-0.3, -0.25) is 4.79 Å². The fraction of sp³-hybridized carbons (Fsp3) is 0.917. The van der Waals surface area contributed by atoms with E-state index in [0.717, 1.165) is 12.8 Å².